The normalized spacial score (nSPS) is 14.9. The van der Waals surface area contributed by atoms with Crippen molar-refractivity contribution in [3.05, 3.63) is 46.8 Å². The molecule has 0 amide bonds. The molecule has 1 heterocycles. The van der Waals surface area contributed by atoms with Crippen molar-refractivity contribution >= 4 is 17.1 Å². The summed E-state index contributed by atoms with van der Waals surface area (Å²) >= 11 is 1.74. The average molecular weight is 228 g/mol. The minimum absolute atomic E-state index is 0.305. The van der Waals surface area contributed by atoms with Gasteiger partial charge in [0.05, 0.1) is 0 Å². The first kappa shape index (κ1) is 9.79. The standard InChI is InChI=1S/C14H12OS/c15-13-4-1-3-10-9-11(6-7-12(10)13)14-5-2-8-16-14/h2,5-9H,1,3-4H2. The van der Waals surface area contributed by atoms with Crippen molar-refractivity contribution in [1.82, 2.24) is 0 Å². The molecule has 0 spiro atoms. The van der Waals surface area contributed by atoms with Gasteiger partial charge in [-0.05, 0) is 41.5 Å². The maximum atomic E-state index is 11.7. The van der Waals surface area contributed by atoms with Crippen LogP contribution in [0.5, 0.6) is 0 Å². The monoisotopic (exact) mass is 228 g/mol. The third-order valence-corrected chi connectivity index (χ3v) is 3.98. The summed E-state index contributed by atoms with van der Waals surface area (Å²) in [5, 5.41) is 2.08. The Kier molecular flexibility index (Phi) is 2.37. The van der Waals surface area contributed by atoms with Gasteiger partial charge in [-0.25, -0.2) is 0 Å². The van der Waals surface area contributed by atoms with Crippen molar-refractivity contribution < 1.29 is 4.79 Å². The molecule has 1 nitrogen and oxygen atoms in total. The Morgan fingerprint density at radius 2 is 2.06 bits per heavy atom. The molecule has 0 N–H and O–H groups in total. The third-order valence-electron chi connectivity index (χ3n) is 3.06. The summed E-state index contributed by atoms with van der Waals surface area (Å²) in [7, 11) is 0. The molecule has 0 saturated heterocycles. The number of thiophene rings is 1. The van der Waals surface area contributed by atoms with Crippen LogP contribution in [0.1, 0.15) is 28.8 Å². The Bertz CT molecular complexity index is 526. The molecule has 1 aromatic heterocycles. The minimum atomic E-state index is 0.305. The molecule has 2 aromatic rings. The molecule has 0 unspecified atom stereocenters. The van der Waals surface area contributed by atoms with E-state index in [0.717, 1.165) is 18.4 Å². The lowest BCUT2D eigenvalue weighted by molar-refractivity contribution is 0.0972. The van der Waals surface area contributed by atoms with E-state index in [9.17, 15) is 4.79 Å². The maximum absolute atomic E-state index is 11.7. The second-order valence-electron chi connectivity index (χ2n) is 4.13. The summed E-state index contributed by atoms with van der Waals surface area (Å²) in [5.74, 6) is 0.305. The molecular formula is C14H12OS. The van der Waals surface area contributed by atoms with Crippen molar-refractivity contribution in [3.63, 3.8) is 0 Å². The van der Waals surface area contributed by atoms with Crippen molar-refractivity contribution in [2.45, 2.75) is 19.3 Å². The third kappa shape index (κ3) is 1.59. The lowest BCUT2D eigenvalue weighted by Gasteiger charge is -2.15. The number of aryl methyl sites for hydroxylation is 1. The minimum Gasteiger partial charge on any atom is -0.294 e. The van der Waals surface area contributed by atoms with Crippen LogP contribution < -0.4 is 0 Å². The van der Waals surface area contributed by atoms with Gasteiger partial charge < -0.3 is 0 Å². The average Bonchev–Trinajstić information content (AvgIpc) is 2.82. The van der Waals surface area contributed by atoms with E-state index in [2.05, 4.69) is 29.6 Å². The molecule has 2 heteroatoms. The summed E-state index contributed by atoms with van der Waals surface area (Å²) in [6.45, 7) is 0. The summed E-state index contributed by atoms with van der Waals surface area (Å²) < 4.78 is 0. The van der Waals surface area contributed by atoms with Gasteiger partial charge in [0, 0.05) is 16.9 Å². The summed E-state index contributed by atoms with van der Waals surface area (Å²) in [6.07, 6.45) is 2.76. The summed E-state index contributed by atoms with van der Waals surface area (Å²) in [6, 6.07) is 10.4. The van der Waals surface area contributed by atoms with Gasteiger partial charge in [0.2, 0.25) is 0 Å². The van der Waals surface area contributed by atoms with Crippen LogP contribution in [0.4, 0.5) is 0 Å². The van der Waals surface area contributed by atoms with Crippen LogP contribution in [0.3, 0.4) is 0 Å². The van der Waals surface area contributed by atoms with Gasteiger partial charge in [0.1, 0.15) is 0 Å². The SMILES string of the molecule is O=C1CCCc2cc(-c3cccs3)ccc21. The highest BCUT2D eigenvalue weighted by atomic mass is 32.1. The predicted molar refractivity (Wildman–Crippen MR) is 67.0 cm³/mol. The fourth-order valence-corrected chi connectivity index (χ4v) is 2.97. The van der Waals surface area contributed by atoms with Gasteiger partial charge >= 0.3 is 0 Å². The number of fused-ring (bicyclic) bond motifs is 1. The molecule has 0 saturated carbocycles. The Hall–Kier alpha value is -1.41. The summed E-state index contributed by atoms with van der Waals surface area (Å²) in [5.41, 5.74) is 3.40. The van der Waals surface area contributed by atoms with Gasteiger partial charge in [-0.2, -0.15) is 0 Å². The van der Waals surface area contributed by atoms with Crippen LogP contribution >= 0.6 is 11.3 Å². The van der Waals surface area contributed by atoms with E-state index in [1.165, 1.54) is 16.0 Å². The number of carbonyl (C=O) groups is 1. The van der Waals surface area contributed by atoms with Crippen LogP contribution in [0.2, 0.25) is 0 Å². The van der Waals surface area contributed by atoms with Crippen LogP contribution in [-0.2, 0) is 6.42 Å². The second kappa shape index (κ2) is 3.87. The fraction of sp³-hybridized carbons (Fsp3) is 0.214. The number of hydrogen-bond donors (Lipinski definition) is 0. The maximum Gasteiger partial charge on any atom is 0.163 e. The molecule has 0 atom stereocenters. The van der Waals surface area contributed by atoms with E-state index < -0.39 is 0 Å². The molecule has 0 radical (unpaired) electrons. The molecule has 16 heavy (non-hydrogen) atoms. The Labute approximate surface area is 98.7 Å². The predicted octanol–water partition coefficient (Wildman–Crippen LogP) is 3.93. The zero-order valence-corrected chi connectivity index (χ0v) is 9.72. The van der Waals surface area contributed by atoms with Crippen LogP contribution in [-0.4, -0.2) is 5.78 Å². The Morgan fingerprint density at radius 1 is 1.12 bits per heavy atom. The van der Waals surface area contributed by atoms with Gasteiger partial charge in [-0.3, -0.25) is 4.79 Å². The number of hydrogen-bond acceptors (Lipinski definition) is 2. The molecule has 80 valence electrons. The van der Waals surface area contributed by atoms with E-state index in [-0.39, 0.29) is 0 Å². The van der Waals surface area contributed by atoms with Crippen molar-refractivity contribution in [3.8, 4) is 10.4 Å². The number of benzene rings is 1. The number of ketones is 1. The Balaban J connectivity index is 2.08. The van der Waals surface area contributed by atoms with E-state index in [1.54, 1.807) is 11.3 Å². The van der Waals surface area contributed by atoms with E-state index >= 15 is 0 Å². The van der Waals surface area contributed by atoms with Crippen LogP contribution in [0.25, 0.3) is 10.4 Å². The number of Topliss-reactive ketones (excluding diaryl/α,β-unsaturated/α-hetero) is 1. The molecule has 1 aromatic carbocycles. The van der Waals surface area contributed by atoms with E-state index in [1.807, 2.05) is 6.07 Å². The Morgan fingerprint density at radius 3 is 2.88 bits per heavy atom. The molecule has 0 aliphatic heterocycles. The highest BCUT2D eigenvalue weighted by Gasteiger charge is 2.17. The van der Waals surface area contributed by atoms with Crippen molar-refractivity contribution in [2.75, 3.05) is 0 Å². The quantitative estimate of drug-likeness (QED) is 0.722. The molecular weight excluding hydrogens is 216 g/mol. The molecule has 0 fully saturated rings. The van der Waals surface area contributed by atoms with Gasteiger partial charge in [-0.1, -0.05) is 18.2 Å². The van der Waals surface area contributed by atoms with E-state index in [4.69, 9.17) is 0 Å². The van der Waals surface area contributed by atoms with Crippen LogP contribution in [0.15, 0.2) is 35.7 Å². The van der Waals surface area contributed by atoms with Crippen LogP contribution in [0, 0.1) is 0 Å². The molecule has 0 bridgehead atoms. The lowest BCUT2D eigenvalue weighted by atomic mass is 9.89. The first-order valence-electron chi connectivity index (χ1n) is 5.54. The second-order valence-corrected chi connectivity index (χ2v) is 5.07. The van der Waals surface area contributed by atoms with Gasteiger partial charge in [0.15, 0.2) is 5.78 Å². The van der Waals surface area contributed by atoms with Crippen molar-refractivity contribution in [2.24, 2.45) is 0 Å². The largest absolute Gasteiger partial charge is 0.294 e. The number of rotatable bonds is 1. The molecule has 1 aliphatic carbocycles. The summed E-state index contributed by atoms with van der Waals surface area (Å²) in [4.78, 5) is 13.0. The highest BCUT2D eigenvalue weighted by molar-refractivity contribution is 7.13. The highest BCUT2D eigenvalue weighted by Crippen LogP contribution is 2.29. The zero-order valence-electron chi connectivity index (χ0n) is 8.90. The topological polar surface area (TPSA) is 17.1 Å². The van der Waals surface area contributed by atoms with Gasteiger partial charge in [0.25, 0.3) is 0 Å². The zero-order chi connectivity index (χ0) is 11.0. The smallest absolute Gasteiger partial charge is 0.163 e. The first-order valence-corrected chi connectivity index (χ1v) is 6.42. The van der Waals surface area contributed by atoms with E-state index in [0.29, 0.717) is 12.2 Å². The molecule has 3 rings (SSSR count). The number of carbonyl (C=O) groups excluding carboxylic acids is 1. The van der Waals surface area contributed by atoms with Crippen molar-refractivity contribution in [1.29, 1.82) is 0 Å². The van der Waals surface area contributed by atoms with Gasteiger partial charge in [-0.15, -0.1) is 11.3 Å². The molecule has 1 aliphatic rings. The first-order chi connectivity index (χ1) is 7.84. The fourth-order valence-electron chi connectivity index (χ4n) is 2.24. The lowest BCUT2D eigenvalue weighted by Crippen LogP contribution is -2.10.